The summed E-state index contributed by atoms with van der Waals surface area (Å²) in [4.78, 5) is 0. The molecule has 3 rings (SSSR count). The quantitative estimate of drug-likeness (QED) is 0.795. The summed E-state index contributed by atoms with van der Waals surface area (Å²) in [7, 11) is 0. The third-order valence-electron chi connectivity index (χ3n) is 5.30. The summed E-state index contributed by atoms with van der Waals surface area (Å²) < 4.78 is 0. The third kappa shape index (κ3) is 3.02. The Morgan fingerprint density at radius 1 is 1.00 bits per heavy atom. The van der Waals surface area contributed by atoms with E-state index in [4.69, 9.17) is 5.73 Å². The molecular formula is C18H27N. The molecule has 0 aliphatic heterocycles. The van der Waals surface area contributed by atoms with E-state index in [1.807, 2.05) is 0 Å². The Balaban J connectivity index is 1.63. The molecule has 104 valence electrons. The van der Waals surface area contributed by atoms with Crippen molar-refractivity contribution >= 4 is 0 Å². The van der Waals surface area contributed by atoms with Crippen LogP contribution in [0.3, 0.4) is 0 Å². The summed E-state index contributed by atoms with van der Waals surface area (Å²) in [6, 6.07) is 9.19. The van der Waals surface area contributed by atoms with Gasteiger partial charge in [-0.2, -0.15) is 0 Å². The van der Waals surface area contributed by atoms with Crippen molar-refractivity contribution in [3.8, 4) is 0 Å². The molecule has 0 bridgehead atoms. The molecule has 2 aliphatic rings. The maximum Gasteiger partial charge on any atom is 0.0297 e. The van der Waals surface area contributed by atoms with Gasteiger partial charge in [-0.25, -0.2) is 0 Å². The van der Waals surface area contributed by atoms with Crippen LogP contribution in [0.2, 0.25) is 0 Å². The fraction of sp³-hybridized carbons (Fsp3) is 0.667. The molecule has 0 saturated heterocycles. The van der Waals surface area contributed by atoms with Gasteiger partial charge in [0, 0.05) is 6.04 Å². The molecule has 1 unspecified atom stereocenters. The van der Waals surface area contributed by atoms with Gasteiger partial charge in [0.1, 0.15) is 0 Å². The predicted molar refractivity (Wildman–Crippen MR) is 81.2 cm³/mol. The Hall–Kier alpha value is -0.820. The van der Waals surface area contributed by atoms with Crippen molar-refractivity contribution in [3.05, 3.63) is 35.4 Å². The van der Waals surface area contributed by atoms with Crippen molar-refractivity contribution in [2.75, 3.05) is 0 Å². The highest BCUT2D eigenvalue weighted by molar-refractivity contribution is 5.34. The van der Waals surface area contributed by atoms with E-state index >= 15 is 0 Å². The highest BCUT2D eigenvalue weighted by Crippen LogP contribution is 2.40. The van der Waals surface area contributed by atoms with Crippen molar-refractivity contribution in [2.24, 2.45) is 11.7 Å². The smallest absolute Gasteiger partial charge is 0.0297 e. The van der Waals surface area contributed by atoms with E-state index in [0.29, 0.717) is 0 Å². The standard InChI is InChI=1S/C18H27N/c19-18(13-12-14-6-1-2-7-14)17-11-4-3-10-16(17)15-8-5-9-15/h3-4,10-11,14-15,18H,1-2,5-9,12-13,19H2. The van der Waals surface area contributed by atoms with Crippen molar-refractivity contribution in [1.82, 2.24) is 0 Å². The van der Waals surface area contributed by atoms with Gasteiger partial charge < -0.3 is 5.73 Å². The molecule has 1 atom stereocenters. The van der Waals surface area contributed by atoms with Crippen molar-refractivity contribution in [2.45, 2.75) is 69.7 Å². The SMILES string of the molecule is NC(CCC1CCCC1)c1ccccc1C1CCC1. The van der Waals surface area contributed by atoms with E-state index in [-0.39, 0.29) is 6.04 Å². The first-order valence-electron chi connectivity index (χ1n) is 8.19. The predicted octanol–water partition coefficient (Wildman–Crippen LogP) is 4.92. The lowest BCUT2D eigenvalue weighted by Crippen LogP contribution is -2.18. The third-order valence-corrected chi connectivity index (χ3v) is 5.30. The summed E-state index contributed by atoms with van der Waals surface area (Å²) in [6.45, 7) is 0. The van der Waals surface area contributed by atoms with E-state index < -0.39 is 0 Å². The Kier molecular flexibility index (Phi) is 4.22. The lowest BCUT2D eigenvalue weighted by molar-refractivity contribution is 0.409. The molecule has 0 spiro atoms. The van der Waals surface area contributed by atoms with E-state index in [1.54, 1.807) is 5.56 Å². The van der Waals surface area contributed by atoms with Gasteiger partial charge in [0.15, 0.2) is 0 Å². The van der Waals surface area contributed by atoms with Crippen LogP contribution in [0.5, 0.6) is 0 Å². The van der Waals surface area contributed by atoms with E-state index in [1.165, 1.54) is 63.4 Å². The number of nitrogens with two attached hydrogens (primary N) is 1. The fourth-order valence-electron chi connectivity index (χ4n) is 3.81. The summed E-state index contributed by atoms with van der Waals surface area (Å²) in [5.74, 6) is 1.76. The number of rotatable bonds is 5. The minimum Gasteiger partial charge on any atom is -0.324 e. The molecule has 0 amide bonds. The molecule has 2 saturated carbocycles. The van der Waals surface area contributed by atoms with Crippen molar-refractivity contribution in [3.63, 3.8) is 0 Å². The van der Waals surface area contributed by atoms with Crippen LogP contribution in [0, 0.1) is 5.92 Å². The Morgan fingerprint density at radius 2 is 1.74 bits per heavy atom. The van der Waals surface area contributed by atoms with E-state index in [0.717, 1.165) is 11.8 Å². The molecule has 1 nitrogen and oxygen atoms in total. The molecule has 0 radical (unpaired) electrons. The molecule has 0 aromatic heterocycles. The average Bonchev–Trinajstić information content (AvgIpc) is 2.88. The second-order valence-corrected chi connectivity index (χ2v) is 6.59. The summed E-state index contributed by atoms with van der Waals surface area (Å²) in [5.41, 5.74) is 9.47. The minimum absolute atomic E-state index is 0.261. The van der Waals surface area contributed by atoms with Gasteiger partial charge >= 0.3 is 0 Å². The molecule has 2 fully saturated rings. The normalized spacial score (nSPS) is 22.4. The molecule has 1 aromatic carbocycles. The van der Waals surface area contributed by atoms with Gasteiger partial charge in [-0.3, -0.25) is 0 Å². The molecule has 2 N–H and O–H groups in total. The van der Waals surface area contributed by atoms with Crippen LogP contribution in [-0.2, 0) is 0 Å². The highest BCUT2D eigenvalue weighted by Gasteiger charge is 2.24. The zero-order valence-corrected chi connectivity index (χ0v) is 12.0. The van der Waals surface area contributed by atoms with Gasteiger partial charge in [0.25, 0.3) is 0 Å². The zero-order chi connectivity index (χ0) is 13.1. The number of hydrogen-bond acceptors (Lipinski definition) is 1. The van der Waals surface area contributed by atoms with Crippen LogP contribution >= 0.6 is 0 Å². The van der Waals surface area contributed by atoms with Crippen LogP contribution in [-0.4, -0.2) is 0 Å². The van der Waals surface area contributed by atoms with Crippen LogP contribution < -0.4 is 5.73 Å². The van der Waals surface area contributed by atoms with Gasteiger partial charge in [-0.05, 0) is 48.6 Å². The monoisotopic (exact) mass is 257 g/mol. The van der Waals surface area contributed by atoms with Crippen molar-refractivity contribution in [1.29, 1.82) is 0 Å². The summed E-state index contributed by atoms with van der Waals surface area (Å²) in [5, 5.41) is 0. The topological polar surface area (TPSA) is 26.0 Å². The maximum absolute atomic E-state index is 6.49. The molecule has 1 heteroatoms. The first-order valence-corrected chi connectivity index (χ1v) is 8.19. The zero-order valence-electron chi connectivity index (χ0n) is 12.0. The molecule has 2 aliphatic carbocycles. The van der Waals surface area contributed by atoms with Gasteiger partial charge in [0.05, 0.1) is 0 Å². The van der Waals surface area contributed by atoms with Gasteiger partial charge in [-0.15, -0.1) is 0 Å². The summed E-state index contributed by atoms with van der Waals surface area (Å²) >= 11 is 0. The van der Waals surface area contributed by atoms with Gasteiger partial charge in [-0.1, -0.05) is 56.4 Å². The van der Waals surface area contributed by atoms with Crippen molar-refractivity contribution < 1.29 is 0 Å². The van der Waals surface area contributed by atoms with E-state index in [9.17, 15) is 0 Å². The maximum atomic E-state index is 6.49. The first kappa shape index (κ1) is 13.2. The second kappa shape index (κ2) is 6.09. The average molecular weight is 257 g/mol. The lowest BCUT2D eigenvalue weighted by Gasteiger charge is -2.29. The largest absolute Gasteiger partial charge is 0.324 e. The lowest BCUT2D eigenvalue weighted by atomic mass is 9.76. The highest BCUT2D eigenvalue weighted by atomic mass is 14.6. The van der Waals surface area contributed by atoms with Crippen LogP contribution in [0.15, 0.2) is 24.3 Å². The van der Waals surface area contributed by atoms with E-state index in [2.05, 4.69) is 24.3 Å². The van der Waals surface area contributed by atoms with Crippen LogP contribution in [0.4, 0.5) is 0 Å². The Labute approximate surface area is 117 Å². The van der Waals surface area contributed by atoms with Crippen LogP contribution in [0.25, 0.3) is 0 Å². The number of hydrogen-bond donors (Lipinski definition) is 1. The molecule has 0 heterocycles. The molecular weight excluding hydrogens is 230 g/mol. The Morgan fingerprint density at radius 3 is 2.42 bits per heavy atom. The Bertz CT molecular complexity index is 402. The molecule has 1 aromatic rings. The number of benzene rings is 1. The second-order valence-electron chi connectivity index (χ2n) is 6.59. The van der Waals surface area contributed by atoms with Crippen LogP contribution in [0.1, 0.15) is 80.9 Å². The summed E-state index contributed by atoms with van der Waals surface area (Å²) in [6.07, 6.45) is 12.4. The first-order chi connectivity index (χ1) is 9.34. The molecule has 19 heavy (non-hydrogen) atoms. The van der Waals surface area contributed by atoms with Gasteiger partial charge in [0.2, 0.25) is 0 Å². The minimum atomic E-state index is 0.261. The fourth-order valence-corrected chi connectivity index (χ4v) is 3.81.